The molecule has 0 saturated carbocycles. The number of rotatable bonds is 6. The van der Waals surface area contributed by atoms with Crippen LogP contribution in [0.2, 0.25) is 0 Å². The standard InChI is InChI=1S/C7H13F2NO3/c1-13-4-5(11)2-3-10-7(12)6(8)9/h5-6,11H,2-4H2,1H3,(H,10,12). The Morgan fingerprint density at radius 2 is 2.23 bits per heavy atom. The average Bonchev–Trinajstić information content (AvgIpc) is 2.04. The molecule has 0 rings (SSSR count). The zero-order chi connectivity index (χ0) is 10.3. The fourth-order valence-corrected chi connectivity index (χ4v) is 0.715. The highest BCUT2D eigenvalue weighted by atomic mass is 19.3. The third kappa shape index (κ3) is 6.41. The van der Waals surface area contributed by atoms with E-state index in [4.69, 9.17) is 5.11 Å². The van der Waals surface area contributed by atoms with Gasteiger partial charge in [0.1, 0.15) is 0 Å². The molecule has 2 N–H and O–H groups in total. The second-order valence-electron chi connectivity index (χ2n) is 2.49. The van der Waals surface area contributed by atoms with Crippen LogP contribution >= 0.6 is 0 Å². The number of aliphatic hydroxyl groups excluding tert-OH is 1. The van der Waals surface area contributed by atoms with Crippen molar-refractivity contribution in [2.45, 2.75) is 19.0 Å². The molecule has 78 valence electrons. The Kier molecular flexibility index (Phi) is 6.34. The van der Waals surface area contributed by atoms with Gasteiger partial charge in [0.25, 0.3) is 5.91 Å². The van der Waals surface area contributed by atoms with E-state index in [9.17, 15) is 13.6 Å². The molecule has 1 amide bonds. The van der Waals surface area contributed by atoms with Crippen LogP contribution in [-0.2, 0) is 9.53 Å². The van der Waals surface area contributed by atoms with Crippen LogP contribution in [0.5, 0.6) is 0 Å². The second-order valence-corrected chi connectivity index (χ2v) is 2.49. The van der Waals surface area contributed by atoms with Gasteiger partial charge >= 0.3 is 6.43 Å². The van der Waals surface area contributed by atoms with E-state index in [2.05, 4.69) is 4.74 Å². The molecule has 0 heterocycles. The lowest BCUT2D eigenvalue weighted by molar-refractivity contribution is -0.131. The summed E-state index contributed by atoms with van der Waals surface area (Å²) in [7, 11) is 1.42. The molecule has 4 nitrogen and oxygen atoms in total. The van der Waals surface area contributed by atoms with Gasteiger partial charge in [-0.25, -0.2) is 0 Å². The number of amides is 1. The zero-order valence-corrected chi connectivity index (χ0v) is 7.30. The number of hydrogen-bond donors (Lipinski definition) is 2. The third-order valence-electron chi connectivity index (χ3n) is 1.33. The van der Waals surface area contributed by atoms with E-state index in [1.54, 1.807) is 0 Å². The lowest BCUT2D eigenvalue weighted by atomic mass is 10.2. The van der Waals surface area contributed by atoms with Gasteiger partial charge in [-0.05, 0) is 6.42 Å². The molecule has 0 aliphatic carbocycles. The first-order chi connectivity index (χ1) is 6.07. The minimum atomic E-state index is -3.00. The zero-order valence-electron chi connectivity index (χ0n) is 7.30. The SMILES string of the molecule is COCC(O)CCNC(=O)C(F)F. The summed E-state index contributed by atoms with van der Waals surface area (Å²) in [5, 5.41) is 11.0. The lowest BCUT2D eigenvalue weighted by Gasteiger charge is -2.09. The van der Waals surface area contributed by atoms with E-state index in [1.807, 2.05) is 5.32 Å². The molecule has 0 spiro atoms. The minimum absolute atomic E-state index is 0.0215. The fraction of sp³-hybridized carbons (Fsp3) is 0.857. The van der Waals surface area contributed by atoms with Gasteiger partial charge in [0.05, 0.1) is 12.7 Å². The van der Waals surface area contributed by atoms with E-state index in [0.717, 1.165) is 0 Å². The first kappa shape index (κ1) is 12.2. The number of alkyl halides is 2. The molecule has 6 heteroatoms. The van der Waals surface area contributed by atoms with Gasteiger partial charge in [-0.15, -0.1) is 0 Å². The summed E-state index contributed by atoms with van der Waals surface area (Å²) in [6, 6.07) is 0. The van der Waals surface area contributed by atoms with Gasteiger partial charge in [-0.2, -0.15) is 8.78 Å². The van der Waals surface area contributed by atoms with Crippen LogP contribution in [0.3, 0.4) is 0 Å². The van der Waals surface area contributed by atoms with Crippen LogP contribution in [0.1, 0.15) is 6.42 Å². The van der Waals surface area contributed by atoms with Gasteiger partial charge in [-0.1, -0.05) is 0 Å². The maximum atomic E-state index is 11.6. The number of ether oxygens (including phenoxy) is 1. The lowest BCUT2D eigenvalue weighted by Crippen LogP contribution is -2.32. The third-order valence-corrected chi connectivity index (χ3v) is 1.33. The number of halogens is 2. The van der Waals surface area contributed by atoms with Crippen molar-refractivity contribution in [2.75, 3.05) is 20.3 Å². The molecule has 0 aromatic carbocycles. The predicted molar refractivity (Wildman–Crippen MR) is 41.5 cm³/mol. The Balaban J connectivity index is 3.39. The highest BCUT2D eigenvalue weighted by Crippen LogP contribution is 1.93. The molecule has 0 aliphatic heterocycles. The quantitative estimate of drug-likeness (QED) is 0.618. The predicted octanol–water partition coefficient (Wildman–Crippen LogP) is -0.235. The van der Waals surface area contributed by atoms with Crippen LogP contribution < -0.4 is 5.32 Å². The van der Waals surface area contributed by atoms with Gasteiger partial charge in [-0.3, -0.25) is 4.79 Å². The molecule has 1 atom stereocenters. The molecule has 0 saturated heterocycles. The summed E-state index contributed by atoms with van der Waals surface area (Å²) in [5.74, 6) is -1.32. The van der Waals surface area contributed by atoms with Crippen molar-refractivity contribution in [1.29, 1.82) is 0 Å². The van der Waals surface area contributed by atoms with Crippen molar-refractivity contribution in [1.82, 2.24) is 5.32 Å². The molecule has 0 aliphatic rings. The smallest absolute Gasteiger partial charge is 0.315 e. The van der Waals surface area contributed by atoms with Crippen molar-refractivity contribution >= 4 is 5.91 Å². The molecule has 0 aromatic heterocycles. The molecule has 13 heavy (non-hydrogen) atoms. The van der Waals surface area contributed by atoms with Crippen LogP contribution in [0.15, 0.2) is 0 Å². The molecular formula is C7H13F2NO3. The van der Waals surface area contributed by atoms with Crippen LogP contribution in [-0.4, -0.2) is 43.8 Å². The van der Waals surface area contributed by atoms with E-state index in [1.165, 1.54) is 7.11 Å². The summed E-state index contributed by atoms with van der Waals surface area (Å²) in [4.78, 5) is 10.3. The van der Waals surface area contributed by atoms with E-state index in [0.29, 0.717) is 0 Å². The average molecular weight is 197 g/mol. The Bertz CT molecular complexity index is 155. The van der Waals surface area contributed by atoms with Crippen LogP contribution in [0.4, 0.5) is 8.78 Å². The Morgan fingerprint density at radius 1 is 1.62 bits per heavy atom. The molecule has 0 aromatic rings. The van der Waals surface area contributed by atoms with Crippen molar-refractivity contribution in [3.05, 3.63) is 0 Å². The molecule has 0 bridgehead atoms. The molecule has 0 fully saturated rings. The van der Waals surface area contributed by atoms with Crippen molar-refractivity contribution < 1.29 is 23.4 Å². The number of carbonyl (C=O) groups excluding carboxylic acids is 1. The number of aliphatic hydroxyl groups is 1. The highest BCUT2D eigenvalue weighted by molar-refractivity contribution is 5.78. The summed E-state index contributed by atoms with van der Waals surface area (Å²) in [6.45, 7) is 0.151. The van der Waals surface area contributed by atoms with Gasteiger partial charge < -0.3 is 15.2 Å². The summed E-state index contributed by atoms with van der Waals surface area (Å²) >= 11 is 0. The number of nitrogens with one attached hydrogen (secondary N) is 1. The minimum Gasteiger partial charge on any atom is -0.391 e. The number of hydrogen-bond acceptors (Lipinski definition) is 3. The van der Waals surface area contributed by atoms with Crippen molar-refractivity contribution in [2.24, 2.45) is 0 Å². The summed E-state index contributed by atoms with van der Waals surface area (Å²) in [5.41, 5.74) is 0. The van der Waals surface area contributed by atoms with Gasteiger partial charge in [0.2, 0.25) is 0 Å². The Hall–Kier alpha value is -0.750. The van der Waals surface area contributed by atoms with E-state index in [-0.39, 0.29) is 19.6 Å². The van der Waals surface area contributed by atoms with Gasteiger partial charge in [0, 0.05) is 13.7 Å². The molecular weight excluding hydrogens is 184 g/mol. The summed E-state index contributed by atoms with van der Waals surface area (Å²) < 4.78 is 27.8. The Morgan fingerprint density at radius 3 is 2.69 bits per heavy atom. The topological polar surface area (TPSA) is 58.6 Å². The van der Waals surface area contributed by atoms with E-state index >= 15 is 0 Å². The van der Waals surface area contributed by atoms with Crippen LogP contribution in [0, 0.1) is 0 Å². The first-order valence-corrected chi connectivity index (χ1v) is 3.80. The normalized spacial score (nSPS) is 13.0. The first-order valence-electron chi connectivity index (χ1n) is 3.80. The van der Waals surface area contributed by atoms with Gasteiger partial charge in [0.15, 0.2) is 0 Å². The second kappa shape index (κ2) is 6.73. The molecule has 0 radical (unpaired) electrons. The maximum absolute atomic E-state index is 11.6. The number of carbonyl (C=O) groups is 1. The van der Waals surface area contributed by atoms with Crippen molar-refractivity contribution in [3.63, 3.8) is 0 Å². The highest BCUT2D eigenvalue weighted by Gasteiger charge is 2.14. The van der Waals surface area contributed by atoms with Crippen molar-refractivity contribution in [3.8, 4) is 0 Å². The van der Waals surface area contributed by atoms with E-state index < -0.39 is 18.4 Å². The fourth-order valence-electron chi connectivity index (χ4n) is 0.715. The molecule has 1 unspecified atom stereocenters. The largest absolute Gasteiger partial charge is 0.391 e. The van der Waals surface area contributed by atoms with Crippen LogP contribution in [0.25, 0.3) is 0 Å². The maximum Gasteiger partial charge on any atom is 0.315 e. The monoisotopic (exact) mass is 197 g/mol. The Labute approximate surface area is 74.9 Å². The summed E-state index contributed by atoms with van der Waals surface area (Å²) in [6.07, 6.45) is -3.53. The number of methoxy groups -OCH3 is 1.